The molecule has 2 amide bonds. The highest BCUT2D eigenvalue weighted by Crippen LogP contribution is 2.26. The van der Waals surface area contributed by atoms with E-state index in [2.05, 4.69) is 10.1 Å². The zero-order valence-electron chi connectivity index (χ0n) is 15.2. The van der Waals surface area contributed by atoms with Crippen LogP contribution in [-0.4, -0.2) is 38.9 Å². The Morgan fingerprint density at radius 3 is 2.28 bits per heavy atom. The summed E-state index contributed by atoms with van der Waals surface area (Å²) in [5, 5.41) is 4.27. The number of hydrogen-bond donors (Lipinski definition) is 0. The second kappa shape index (κ2) is 7.48. The fourth-order valence-corrected chi connectivity index (χ4v) is 3.20. The third kappa shape index (κ3) is 3.38. The Kier molecular flexibility index (Phi) is 4.85. The fraction of sp³-hybridized carbons (Fsp3) is 0.150. The monoisotopic (exact) mass is 411 g/mol. The Morgan fingerprint density at radius 2 is 1.66 bits per heavy atom. The van der Waals surface area contributed by atoms with Crippen molar-refractivity contribution in [2.75, 3.05) is 0 Å². The van der Waals surface area contributed by atoms with E-state index < -0.39 is 23.8 Å². The van der Waals surface area contributed by atoms with Gasteiger partial charge in [0.2, 0.25) is 5.82 Å². The standard InChI is InChI=1S/C20H14ClN3O5/c1-11(24-18(25)12-6-2-3-7-13(12)19(24)26)20(27)28-10-16-22-17(23-29-16)14-8-4-5-9-15(14)21/h2-9,11H,10H2,1H3/t11-/m0/s1. The first-order valence-corrected chi connectivity index (χ1v) is 9.06. The smallest absolute Gasteiger partial charge is 0.329 e. The number of hydrogen-bond acceptors (Lipinski definition) is 7. The Balaban J connectivity index is 1.43. The third-order valence-corrected chi connectivity index (χ3v) is 4.80. The largest absolute Gasteiger partial charge is 0.454 e. The van der Waals surface area contributed by atoms with Crippen LogP contribution in [0.2, 0.25) is 5.02 Å². The van der Waals surface area contributed by atoms with Crippen molar-refractivity contribution in [3.8, 4) is 11.4 Å². The van der Waals surface area contributed by atoms with Crippen LogP contribution in [0.5, 0.6) is 0 Å². The molecule has 1 atom stereocenters. The van der Waals surface area contributed by atoms with E-state index in [9.17, 15) is 14.4 Å². The highest BCUT2D eigenvalue weighted by atomic mass is 35.5. The van der Waals surface area contributed by atoms with Crippen LogP contribution in [0.1, 0.15) is 33.5 Å². The molecule has 9 heteroatoms. The number of ether oxygens (including phenoxy) is 1. The Hall–Kier alpha value is -3.52. The normalized spacial score (nSPS) is 14.1. The quantitative estimate of drug-likeness (QED) is 0.469. The average molecular weight is 412 g/mol. The lowest BCUT2D eigenvalue weighted by atomic mass is 10.1. The van der Waals surface area contributed by atoms with Gasteiger partial charge in [0.25, 0.3) is 17.7 Å². The number of halogens is 1. The van der Waals surface area contributed by atoms with Crippen LogP contribution in [0.25, 0.3) is 11.4 Å². The zero-order valence-corrected chi connectivity index (χ0v) is 15.9. The number of fused-ring (bicyclic) bond motifs is 1. The van der Waals surface area contributed by atoms with E-state index in [1.165, 1.54) is 6.92 Å². The van der Waals surface area contributed by atoms with Crippen molar-refractivity contribution in [3.05, 3.63) is 70.6 Å². The second-order valence-corrected chi connectivity index (χ2v) is 6.71. The topological polar surface area (TPSA) is 103 Å². The van der Waals surface area contributed by atoms with Gasteiger partial charge in [0, 0.05) is 5.56 Å². The van der Waals surface area contributed by atoms with Crippen LogP contribution in [0.3, 0.4) is 0 Å². The van der Waals surface area contributed by atoms with Gasteiger partial charge in [-0.05, 0) is 31.2 Å². The van der Waals surface area contributed by atoms with Crippen molar-refractivity contribution >= 4 is 29.4 Å². The molecule has 8 nitrogen and oxygen atoms in total. The number of carbonyl (C=O) groups excluding carboxylic acids is 3. The molecule has 0 saturated carbocycles. The summed E-state index contributed by atoms with van der Waals surface area (Å²) in [6, 6.07) is 12.3. The summed E-state index contributed by atoms with van der Waals surface area (Å²) >= 11 is 6.10. The van der Waals surface area contributed by atoms with E-state index in [-0.39, 0.29) is 29.4 Å². The van der Waals surface area contributed by atoms with Gasteiger partial charge in [-0.3, -0.25) is 14.5 Å². The molecule has 0 N–H and O–H groups in total. The molecule has 0 radical (unpaired) electrons. The van der Waals surface area contributed by atoms with E-state index in [0.29, 0.717) is 10.6 Å². The highest BCUT2D eigenvalue weighted by molar-refractivity contribution is 6.33. The lowest BCUT2D eigenvalue weighted by Crippen LogP contribution is -2.43. The van der Waals surface area contributed by atoms with Gasteiger partial charge in [-0.2, -0.15) is 4.98 Å². The number of imide groups is 1. The number of carbonyl (C=O) groups is 3. The van der Waals surface area contributed by atoms with Crippen LogP contribution in [0.4, 0.5) is 0 Å². The molecular formula is C20H14ClN3O5. The first-order valence-electron chi connectivity index (χ1n) is 8.68. The molecule has 2 aromatic carbocycles. The van der Waals surface area contributed by atoms with Gasteiger partial charge in [0.05, 0.1) is 16.1 Å². The van der Waals surface area contributed by atoms with Crippen molar-refractivity contribution < 1.29 is 23.6 Å². The van der Waals surface area contributed by atoms with Crippen molar-refractivity contribution in [1.82, 2.24) is 15.0 Å². The molecule has 0 saturated heterocycles. The van der Waals surface area contributed by atoms with E-state index >= 15 is 0 Å². The SMILES string of the molecule is C[C@@H](C(=O)OCc1nc(-c2ccccc2Cl)no1)N1C(=O)c2ccccc2C1=O. The summed E-state index contributed by atoms with van der Waals surface area (Å²) < 4.78 is 10.2. The first-order chi connectivity index (χ1) is 14.0. The van der Waals surface area contributed by atoms with Gasteiger partial charge in [-0.15, -0.1) is 0 Å². The molecule has 146 valence electrons. The average Bonchev–Trinajstić information content (AvgIpc) is 3.29. The predicted molar refractivity (Wildman–Crippen MR) is 101 cm³/mol. The Morgan fingerprint density at radius 1 is 1.07 bits per heavy atom. The Bertz CT molecular complexity index is 1090. The molecule has 0 aliphatic carbocycles. The van der Waals surface area contributed by atoms with Crippen LogP contribution >= 0.6 is 11.6 Å². The summed E-state index contributed by atoms with van der Waals surface area (Å²) in [6.07, 6.45) is 0. The van der Waals surface area contributed by atoms with Gasteiger partial charge < -0.3 is 9.26 Å². The number of nitrogens with zero attached hydrogens (tertiary/aromatic N) is 3. The Labute approximate surface area is 170 Å². The molecule has 2 heterocycles. The molecule has 1 aliphatic rings. The minimum Gasteiger partial charge on any atom is -0.454 e. The van der Waals surface area contributed by atoms with E-state index in [0.717, 1.165) is 4.90 Å². The molecule has 4 rings (SSSR count). The minimum atomic E-state index is -1.10. The lowest BCUT2D eigenvalue weighted by Gasteiger charge is -2.20. The lowest BCUT2D eigenvalue weighted by molar-refractivity contribution is -0.149. The molecule has 0 bridgehead atoms. The van der Waals surface area contributed by atoms with Crippen molar-refractivity contribution in [3.63, 3.8) is 0 Å². The van der Waals surface area contributed by atoms with E-state index in [4.69, 9.17) is 20.9 Å². The fourth-order valence-electron chi connectivity index (χ4n) is 2.98. The number of rotatable bonds is 5. The summed E-state index contributed by atoms with van der Waals surface area (Å²) in [4.78, 5) is 42.4. The van der Waals surface area contributed by atoms with Crippen molar-refractivity contribution in [2.45, 2.75) is 19.6 Å². The first kappa shape index (κ1) is 18.8. The molecule has 0 fully saturated rings. The predicted octanol–water partition coefficient (Wildman–Crippen LogP) is 3.12. The van der Waals surface area contributed by atoms with Gasteiger partial charge in [-0.25, -0.2) is 4.79 Å². The molecule has 1 aromatic heterocycles. The molecule has 29 heavy (non-hydrogen) atoms. The van der Waals surface area contributed by atoms with Crippen LogP contribution in [-0.2, 0) is 16.1 Å². The van der Waals surface area contributed by atoms with Gasteiger partial charge >= 0.3 is 5.97 Å². The van der Waals surface area contributed by atoms with E-state index in [1.54, 1.807) is 48.5 Å². The molecular weight excluding hydrogens is 398 g/mol. The van der Waals surface area contributed by atoms with Crippen molar-refractivity contribution in [1.29, 1.82) is 0 Å². The third-order valence-electron chi connectivity index (χ3n) is 4.47. The molecule has 0 unspecified atom stereocenters. The number of benzene rings is 2. The van der Waals surface area contributed by atoms with Gasteiger partial charge in [0.15, 0.2) is 6.61 Å². The van der Waals surface area contributed by atoms with Crippen LogP contribution in [0, 0.1) is 0 Å². The summed E-state index contributed by atoms with van der Waals surface area (Å²) in [5.41, 5.74) is 1.10. The van der Waals surface area contributed by atoms with Crippen LogP contribution < -0.4 is 0 Å². The molecule has 1 aliphatic heterocycles. The van der Waals surface area contributed by atoms with Crippen molar-refractivity contribution in [2.24, 2.45) is 0 Å². The number of esters is 1. The number of amides is 2. The van der Waals surface area contributed by atoms with Gasteiger partial charge in [-0.1, -0.05) is 41.0 Å². The maximum absolute atomic E-state index is 12.5. The molecule has 0 spiro atoms. The minimum absolute atomic E-state index is 0.0582. The van der Waals surface area contributed by atoms with Crippen LogP contribution in [0.15, 0.2) is 53.1 Å². The van der Waals surface area contributed by atoms with E-state index in [1.807, 2.05) is 0 Å². The summed E-state index contributed by atoms with van der Waals surface area (Å²) in [5.74, 6) is -1.52. The summed E-state index contributed by atoms with van der Waals surface area (Å²) in [7, 11) is 0. The zero-order chi connectivity index (χ0) is 20.5. The highest BCUT2D eigenvalue weighted by Gasteiger charge is 2.41. The maximum atomic E-state index is 12.5. The molecule has 3 aromatic rings. The maximum Gasteiger partial charge on any atom is 0.329 e. The van der Waals surface area contributed by atoms with Gasteiger partial charge in [0.1, 0.15) is 6.04 Å². The number of aromatic nitrogens is 2. The second-order valence-electron chi connectivity index (χ2n) is 6.30. The summed E-state index contributed by atoms with van der Waals surface area (Å²) in [6.45, 7) is 1.12.